The van der Waals surface area contributed by atoms with E-state index in [1.54, 1.807) is 12.1 Å². The van der Waals surface area contributed by atoms with Crippen LogP contribution in [0.5, 0.6) is 0 Å². The number of aromatic amines is 1. The number of pyridine rings is 1. The molecule has 4 aromatic rings. The molecule has 2 aromatic carbocycles. The summed E-state index contributed by atoms with van der Waals surface area (Å²) in [5, 5.41) is 0.516. The van der Waals surface area contributed by atoms with Gasteiger partial charge in [-0.3, -0.25) is 9.52 Å². The minimum absolute atomic E-state index is 0.0550. The largest absolute Gasteiger partial charge is 0.345 e. The molecule has 0 radical (unpaired) electrons. The van der Waals surface area contributed by atoms with Gasteiger partial charge in [-0.1, -0.05) is 44.5 Å². The maximum Gasteiger partial charge on any atom is 0.261 e. The van der Waals surface area contributed by atoms with Gasteiger partial charge in [0, 0.05) is 23.3 Å². The summed E-state index contributed by atoms with van der Waals surface area (Å²) >= 11 is 5.94. The maximum atomic E-state index is 15.3. The van der Waals surface area contributed by atoms with E-state index in [0.29, 0.717) is 5.65 Å². The number of hydrogen-bond donors (Lipinski definition) is 2. The van der Waals surface area contributed by atoms with Gasteiger partial charge in [0.25, 0.3) is 10.0 Å². The van der Waals surface area contributed by atoms with Gasteiger partial charge >= 0.3 is 0 Å². The number of rotatable bonds is 5. The number of sulfonamides is 1. The maximum absolute atomic E-state index is 15.3. The molecule has 10 heteroatoms. The van der Waals surface area contributed by atoms with Crippen LogP contribution in [0.1, 0.15) is 42.3 Å². The average Bonchev–Trinajstić information content (AvgIpc) is 3.18. The quantitative estimate of drug-likeness (QED) is 0.335. The summed E-state index contributed by atoms with van der Waals surface area (Å²) in [4.78, 5) is 19.7. The topological polar surface area (TPSA) is 91.9 Å². The van der Waals surface area contributed by atoms with Crippen molar-refractivity contribution in [3.8, 4) is 0 Å². The Morgan fingerprint density at radius 1 is 1.09 bits per heavy atom. The summed E-state index contributed by atoms with van der Waals surface area (Å²) in [6, 6.07) is 9.34. The Hall–Kier alpha value is -3.30. The molecule has 34 heavy (non-hydrogen) atoms. The number of aromatic nitrogens is 2. The van der Waals surface area contributed by atoms with Crippen LogP contribution in [0, 0.1) is 11.6 Å². The molecule has 4 rings (SSSR count). The first-order chi connectivity index (χ1) is 15.9. The van der Waals surface area contributed by atoms with Crippen LogP contribution in [0.15, 0.2) is 59.8 Å². The number of fused-ring (bicyclic) bond motifs is 1. The molecule has 2 aromatic heterocycles. The second-order valence-electron chi connectivity index (χ2n) is 8.74. The summed E-state index contributed by atoms with van der Waals surface area (Å²) in [7, 11) is -4.20. The fourth-order valence-corrected chi connectivity index (χ4v) is 4.69. The summed E-state index contributed by atoms with van der Waals surface area (Å²) in [6.07, 6.45) is 2.63. The summed E-state index contributed by atoms with van der Waals surface area (Å²) < 4.78 is 57.6. The predicted molar refractivity (Wildman–Crippen MR) is 127 cm³/mol. The Balaban J connectivity index is 1.71. The number of benzene rings is 2. The van der Waals surface area contributed by atoms with Crippen LogP contribution < -0.4 is 4.72 Å². The molecule has 0 spiro atoms. The number of nitrogens with one attached hydrogen (secondary N) is 2. The van der Waals surface area contributed by atoms with Crippen molar-refractivity contribution in [2.24, 2.45) is 0 Å². The molecule has 2 N–H and O–H groups in total. The van der Waals surface area contributed by atoms with E-state index in [9.17, 15) is 17.6 Å². The summed E-state index contributed by atoms with van der Waals surface area (Å²) in [5.74, 6) is -3.45. The third-order valence-electron chi connectivity index (χ3n) is 5.34. The van der Waals surface area contributed by atoms with Crippen molar-refractivity contribution in [1.82, 2.24) is 9.97 Å². The number of anilines is 1. The van der Waals surface area contributed by atoms with Gasteiger partial charge in [-0.2, -0.15) is 0 Å². The highest BCUT2D eigenvalue weighted by Gasteiger charge is 2.26. The third kappa shape index (κ3) is 4.41. The SMILES string of the molecule is CC(C)(C)c1ccc(S(=O)(=O)Nc2ccc(F)c(C(=O)c3c[nH]c4ncc(Cl)cc34)c2F)cc1. The molecule has 2 heterocycles. The van der Waals surface area contributed by atoms with Crippen molar-refractivity contribution >= 4 is 44.1 Å². The van der Waals surface area contributed by atoms with E-state index in [2.05, 4.69) is 14.7 Å². The van der Waals surface area contributed by atoms with Gasteiger partial charge in [0.2, 0.25) is 5.78 Å². The molecule has 0 saturated carbocycles. The van der Waals surface area contributed by atoms with Crippen molar-refractivity contribution in [1.29, 1.82) is 0 Å². The summed E-state index contributed by atoms with van der Waals surface area (Å²) in [5.41, 5.74) is -0.467. The Morgan fingerprint density at radius 2 is 1.76 bits per heavy atom. The molecular formula is C24H20ClF2N3O3S. The number of carbonyl (C=O) groups excluding carboxylic acids is 1. The number of H-pyrrole nitrogens is 1. The van der Waals surface area contributed by atoms with Crippen molar-refractivity contribution < 1.29 is 22.0 Å². The lowest BCUT2D eigenvalue weighted by Crippen LogP contribution is -2.17. The molecule has 0 unspecified atom stereocenters. The van der Waals surface area contributed by atoms with Crippen molar-refractivity contribution in [2.75, 3.05) is 4.72 Å². The minimum atomic E-state index is -4.20. The lowest BCUT2D eigenvalue weighted by atomic mass is 9.87. The van der Waals surface area contributed by atoms with Crippen molar-refractivity contribution in [3.05, 3.63) is 88.2 Å². The van der Waals surface area contributed by atoms with E-state index < -0.39 is 38.7 Å². The van der Waals surface area contributed by atoms with Crippen LogP contribution in [-0.2, 0) is 15.4 Å². The first kappa shape index (κ1) is 23.8. The molecule has 0 bridgehead atoms. The third-order valence-corrected chi connectivity index (χ3v) is 6.92. The Bertz CT molecular complexity index is 1530. The number of nitrogens with zero attached hydrogens (tertiary/aromatic N) is 1. The van der Waals surface area contributed by atoms with E-state index >= 15 is 4.39 Å². The highest BCUT2D eigenvalue weighted by atomic mass is 35.5. The molecule has 0 aliphatic heterocycles. The number of hydrogen-bond acceptors (Lipinski definition) is 4. The lowest BCUT2D eigenvalue weighted by molar-refractivity contribution is 0.103. The van der Waals surface area contributed by atoms with E-state index in [1.165, 1.54) is 30.6 Å². The number of halogens is 3. The highest BCUT2D eigenvalue weighted by Crippen LogP contribution is 2.29. The van der Waals surface area contributed by atoms with E-state index in [4.69, 9.17) is 11.6 Å². The number of carbonyl (C=O) groups is 1. The van der Waals surface area contributed by atoms with Gasteiger partial charge in [-0.25, -0.2) is 22.2 Å². The predicted octanol–water partition coefficient (Wildman–Crippen LogP) is 5.82. The highest BCUT2D eigenvalue weighted by molar-refractivity contribution is 7.92. The Morgan fingerprint density at radius 3 is 2.41 bits per heavy atom. The molecule has 0 atom stereocenters. The van der Waals surface area contributed by atoms with E-state index in [1.807, 2.05) is 20.8 Å². The second kappa shape index (κ2) is 8.48. The summed E-state index contributed by atoms with van der Waals surface area (Å²) in [6.45, 7) is 5.96. The molecule has 6 nitrogen and oxygen atoms in total. The van der Waals surface area contributed by atoms with Crippen molar-refractivity contribution in [3.63, 3.8) is 0 Å². The van der Waals surface area contributed by atoms with Crippen molar-refractivity contribution in [2.45, 2.75) is 31.1 Å². The molecule has 176 valence electrons. The zero-order valence-corrected chi connectivity index (χ0v) is 20.0. The molecule has 0 aliphatic rings. The monoisotopic (exact) mass is 503 g/mol. The van der Waals surface area contributed by atoms with Crippen LogP contribution >= 0.6 is 11.6 Å². The van der Waals surface area contributed by atoms with Gasteiger partial charge in [-0.15, -0.1) is 0 Å². The fourth-order valence-electron chi connectivity index (χ4n) is 3.48. The normalized spacial score (nSPS) is 12.2. The van der Waals surface area contributed by atoms with Gasteiger partial charge in [0.1, 0.15) is 11.5 Å². The van der Waals surface area contributed by atoms with Gasteiger partial charge in [-0.05, 0) is 41.3 Å². The standard InChI is InChI=1S/C24H20ClF2N3O3S/c1-24(2,3)13-4-6-15(7-5-13)34(32,33)30-19-9-8-18(26)20(21(19)27)22(31)17-12-29-23-16(17)10-14(25)11-28-23/h4-12,30H,1-3H3,(H,28,29). The smallest absolute Gasteiger partial charge is 0.261 e. The molecule has 0 amide bonds. The average molecular weight is 504 g/mol. The van der Waals surface area contributed by atoms with Crippen LogP contribution in [0.2, 0.25) is 5.02 Å². The second-order valence-corrected chi connectivity index (χ2v) is 10.9. The Labute approximate surface area is 200 Å². The first-order valence-corrected chi connectivity index (χ1v) is 12.0. The van der Waals surface area contributed by atoms with E-state index in [0.717, 1.165) is 17.7 Å². The van der Waals surface area contributed by atoms with Crippen LogP contribution in [0.3, 0.4) is 0 Å². The van der Waals surface area contributed by atoms with Gasteiger partial charge < -0.3 is 4.98 Å². The van der Waals surface area contributed by atoms with Gasteiger partial charge in [0.15, 0.2) is 5.82 Å². The zero-order chi connectivity index (χ0) is 24.8. The Kier molecular flexibility index (Phi) is 5.95. The molecular weight excluding hydrogens is 484 g/mol. The molecule has 0 aliphatic carbocycles. The molecule has 0 saturated heterocycles. The van der Waals surface area contributed by atoms with Crippen LogP contribution in [0.4, 0.5) is 14.5 Å². The fraction of sp³-hybridized carbons (Fsp3) is 0.167. The molecule has 0 fully saturated rings. The van der Waals surface area contributed by atoms with Crippen LogP contribution in [0.25, 0.3) is 11.0 Å². The lowest BCUT2D eigenvalue weighted by Gasteiger charge is -2.19. The van der Waals surface area contributed by atoms with Crippen LogP contribution in [-0.4, -0.2) is 24.2 Å². The zero-order valence-electron chi connectivity index (χ0n) is 18.4. The number of ketones is 1. The minimum Gasteiger partial charge on any atom is -0.345 e. The first-order valence-electron chi connectivity index (χ1n) is 10.2. The van der Waals surface area contributed by atoms with Gasteiger partial charge in [0.05, 0.1) is 21.2 Å². The van der Waals surface area contributed by atoms with E-state index in [-0.39, 0.29) is 26.3 Å².